The minimum absolute atomic E-state index is 0.501. The Balaban J connectivity index is 1.74. The summed E-state index contributed by atoms with van der Waals surface area (Å²) in [4.78, 5) is 2.60. The molecular weight excluding hydrogens is 228 g/mol. The lowest BCUT2D eigenvalue weighted by Gasteiger charge is -2.43. The van der Waals surface area contributed by atoms with E-state index in [0.717, 1.165) is 19.8 Å². The molecule has 2 aliphatic rings. The summed E-state index contributed by atoms with van der Waals surface area (Å²) in [5.41, 5.74) is 0. The van der Waals surface area contributed by atoms with Crippen molar-refractivity contribution in [1.29, 1.82) is 0 Å². The van der Waals surface area contributed by atoms with Gasteiger partial charge in [-0.05, 0) is 39.2 Å². The van der Waals surface area contributed by atoms with Crippen LogP contribution in [0.15, 0.2) is 0 Å². The Morgan fingerprint density at radius 1 is 1.33 bits per heavy atom. The zero-order valence-corrected chi connectivity index (χ0v) is 11.9. The SMILES string of the molecule is CCOC1CC(N(CCOC)CC2CCCN2)C1. The Bertz CT molecular complexity index is 226. The third-order valence-electron chi connectivity index (χ3n) is 4.19. The van der Waals surface area contributed by atoms with Crippen LogP contribution in [0, 0.1) is 0 Å². The fourth-order valence-corrected chi connectivity index (χ4v) is 3.03. The van der Waals surface area contributed by atoms with Crippen molar-refractivity contribution in [1.82, 2.24) is 10.2 Å². The summed E-state index contributed by atoms with van der Waals surface area (Å²) in [6.07, 6.45) is 5.55. The van der Waals surface area contributed by atoms with Crippen LogP contribution in [0.4, 0.5) is 0 Å². The van der Waals surface area contributed by atoms with Gasteiger partial charge in [-0.1, -0.05) is 0 Å². The molecule has 1 N–H and O–H groups in total. The molecule has 1 saturated heterocycles. The van der Waals surface area contributed by atoms with E-state index in [1.807, 2.05) is 0 Å². The van der Waals surface area contributed by atoms with E-state index >= 15 is 0 Å². The van der Waals surface area contributed by atoms with Gasteiger partial charge in [-0.2, -0.15) is 0 Å². The van der Waals surface area contributed by atoms with E-state index in [4.69, 9.17) is 9.47 Å². The molecule has 4 nitrogen and oxygen atoms in total. The smallest absolute Gasteiger partial charge is 0.0604 e. The van der Waals surface area contributed by atoms with Crippen LogP contribution in [0.3, 0.4) is 0 Å². The number of rotatable bonds is 8. The molecule has 106 valence electrons. The van der Waals surface area contributed by atoms with Gasteiger partial charge in [-0.3, -0.25) is 4.90 Å². The summed E-state index contributed by atoms with van der Waals surface area (Å²) in [5.74, 6) is 0. The molecule has 0 bridgehead atoms. The largest absolute Gasteiger partial charge is 0.383 e. The van der Waals surface area contributed by atoms with Crippen LogP contribution in [-0.2, 0) is 9.47 Å². The molecule has 0 aromatic rings. The Kier molecular flexibility index (Phi) is 5.89. The lowest BCUT2D eigenvalue weighted by Crippen LogP contribution is -2.52. The van der Waals surface area contributed by atoms with Crippen LogP contribution in [0.2, 0.25) is 0 Å². The topological polar surface area (TPSA) is 33.7 Å². The highest BCUT2D eigenvalue weighted by atomic mass is 16.5. The molecule has 18 heavy (non-hydrogen) atoms. The Morgan fingerprint density at radius 3 is 2.78 bits per heavy atom. The van der Waals surface area contributed by atoms with Gasteiger partial charge in [0.05, 0.1) is 12.7 Å². The molecule has 1 saturated carbocycles. The van der Waals surface area contributed by atoms with Gasteiger partial charge in [0.25, 0.3) is 0 Å². The maximum atomic E-state index is 5.66. The van der Waals surface area contributed by atoms with Gasteiger partial charge in [-0.25, -0.2) is 0 Å². The predicted molar refractivity (Wildman–Crippen MR) is 72.9 cm³/mol. The lowest BCUT2D eigenvalue weighted by molar-refractivity contribution is -0.0519. The Hall–Kier alpha value is -0.160. The maximum Gasteiger partial charge on any atom is 0.0604 e. The van der Waals surface area contributed by atoms with Crippen LogP contribution < -0.4 is 5.32 Å². The molecular formula is C14H28N2O2. The van der Waals surface area contributed by atoms with E-state index in [9.17, 15) is 0 Å². The molecule has 0 aromatic heterocycles. The van der Waals surface area contributed by atoms with Crippen molar-refractivity contribution >= 4 is 0 Å². The van der Waals surface area contributed by atoms with Crippen molar-refractivity contribution < 1.29 is 9.47 Å². The lowest BCUT2D eigenvalue weighted by atomic mass is 9.87. The second-order valence-corrected chi connectivity index (χ2v) is 5.48. The van der Waals surface area contributed by atoms with Gasteiger partial charge < -0.3 is 14.8 Å². The number of hydrogen-bond donors (Lipinski definition) is 1. The summed E-state index contributed by atoms with van der Waals surface area (Å²) in [7, 11) is 1.79. The normalized spacial score (nSPS) is 31.8. The van der Waals surface area contributed by atoms with Crippen LogP contribution in [0.25, 0.3) is 0 Å². The molecule has 1 aliphatic carbocycles. The minimum atomic E-state index is 0.501. The predicted octanol–water partition coefficient (Wildman–Crippen LogP) is 1.25. The van der Waals surface area contributed by atoms with Gasteiger partial charge >= 0.3 is 0 Å². The molecule has 1 atom stereocenters. The molecule has 1 aliphatic heterocycles. The van der Waals surface area contributed by atoms with Gasteiger partial charge in [0, 0.05) is 38.9 Å². The Morgan fingerprint density at radius 2 is 2.17 bits per heavy atom. The summed E-state index contributed by atoms with van der Waals surface area (Å²) >= 11 is 0. The summed E-state index contributed by atoms with van der Waals surface area (Å²) < 4.78 is 10.9. The van der Waals surface area contributed by atoms with Gasteiger partial charge in [0.1, 0.15) is 0 Å². The average molecular weight is 256 g/mol. The van der Waals surface area contributed by atoms with E-state index in [1.54, 1.807) is 7.11 Å². The quantitative estimate of drug-likeness (QED) is 0.709. The number of nitrogens with one attached hydrogen (secondary N) is 1. The number of nitrogens with zero attached hydrogens (tertiary/aromatic N) is 1. The van der Waals surface area contributed by atoms with E-state index < -0.39 is 0 Å². The highest BCUT2D eigenvalue weighted by Gasteiger charge is 2.35. The Labute approximate surface area is 111 Å². The van der Waals surface area contributed by atoms with Crippen molar-refractivity contribution in [2.45, 2.75) is 50.8 Å². The fourth-order valence-electron chi connectivity index (χ4n) is 3.03. The zero-order valence-electron chi connectivity index (χ0n) is 11.9. The highest BCUT2D eigenvalue weighted by molar-refractivity contribution is 4.90. The first-order valence-corrected chi connectivity index (χ1v) is 7.41. The molecule has 0 spiro atoms. The van der Waals surface area contributed by atoms with Crippen molar-refractivity contribution in [3.63, 3.8) is 0 Å². The molecule has 2 fully saturated rings. The third kappa shape index (κ3) is 3.92. The molecule has 0 amide bonds. The van der Waals surface area contributed by atoms with Gasteiger partial charge in [0.2, 0.25) is 0 Å². The average Bonchev–Trinajstić information content (AvgIpc) is 2.82. The summed E-state index contributed by atoms with van der Waals surface area (Å²) in [5, 5.41) is 3.59. The zero-order chi connectivity index (χ0) is 12.8. The monoisotopic (exact) mass is 256 g/mol. The molecule has 1 unspecified atom stereocenters. The number of methoxy groups -OCH3 is 1. The van der Waals surface area contributed by atoms with Crippen molar-refractivity contribution in [2.24, 2.45) is 0 Å². The van der Waals surface area contributed by atoms with Crippen molar-refractivity contribution in [3.05, 3.63) is 0 Å². The van der Waals surface area contributed by atoms with Gasteiger partial charge in [-0.15, -0.1) is 0 Å². The molecule has 4 heteroatoms. The van der Waals surface area contributed by atoms with Crippen LogP contribution in [0.5, 0.6) is 0 Å². The number of ether oxygens (including phenoxy) is 2. The van der Waals surface area contributed by atoms with E-state index in [-0.39, 0.29) is 0 Å². The number of hydrogen-bond acceptors (Lipinski definition) is 4. The summed E-state index contributed by atoms with van der Waals surface area (Å²) in [6.45, 7) is 7.18. The van der Waals surface area contributed by atoms with Gasteiger partial charge in [0.15, 0.2) is 0 Å². The molecule has 0 radical (unpaired) electrons. The van der Waals surface area contributed by atoms with Crippen LogP contribution in [-0.4, -0.2) is 63.0 Å². The second kappa shape index (κ2) is 7.43. The first kappa shape index (κ1) is 14.3. The third-order valence-corrected chi connectivity index (χ3v) is 4.19. The van der Waals surface area contributed by atoms with Crippen LogP contribution >= 0.6 is 0 Å². The maximum absolute atomic E-state index is 5.66. The summed E-state index contributed by atoms with van der Waals surface area (Å²) in [6, 6.07) is 1.40. The second-order valence-electron chi connectivity index (χ2n) is 5.48. The van der Waals surface area contributed by atoms with Crippen LogP contribution in [0.1, 0.15) is 32.6 Å². The molecule has 0 aromatic carbocycles. The highest BCUT2D eigenvalue weighted by Crippen LogP contribution is 2.28. The molecule has 2 rings (SSSR count). The van der Waals surface area contributed by atoms with Crippen molar-refractivity contribution in [3.8, 4) is 0 Å². The van der Waals surface area contributed by atoms with E-state index in [2.05, 4.69) is 17.1 Å². The fraction of sp³-hybridized carbons (Fsp3) is 1.00. The van der Waals surface area contributed by atoms with E-state index in [1.165, 1.54) is 38.8 Å². The molecule has 1 heterocycles. The standard InChI is InChI=1S/C14H28N2O2/c1-3-18-14-9-13(10-14)16(7-8-17-2)11-12-5-4-6-15-12/h12-15H,3-11H2,1-2H3. The minimum Gasteiger partial charge on any atom is -0.383 e. The first-order valence-electron chi connectivity index (χ1n) is 7.41. The first-order chi connectivity index (χ1) is 8.83. The van der Waals surface area contributed by atoms with E-state index in [0.29, 0.717) is 18.2 Å². The van der Waals surface area contributed by atoms with Crippen molar-refractivity contribution in [2.75, 3.05) is 40.0 Å².